The minimum atomic E-state index is -0.607. The van der Waals surface area contributed by atoms with Crippen molar-refractivity contribution < 1.29 is 14.5 Å². The van der Waals surface area contributed by atoms with E-state index in [1.54, 1.807) is 6.07 Å². The topological polar surface area (TPSA) is 105 Å². The molecular weight excluding hydrogens is 354 g/mol. The van der Waals surface area contributed by atoms with E-state index >= 15 is 0 Å². The van der Waals surface area contributed by atoms with Crippen LogP contribution in [-0.4, -0.2) is 17.4 Å². The fraction of sp³-hybridized carbons (Fsp3) is 0.429. The molecule has 0 aliphatic carbocycles. The summed E-state index contributed by atoms with van der Waals surface area (Å²) in [5, 5.41) is 21.9. The first-order valence-corrected chi connectivity index (χ1v) is 7.56. The van der Waals surface area contributed by atoms with Crippen LogP contribution in [0.5, 0.6) is 5.75 Å². The fourth-order valence-corrected chi connectivity index (χ4v) is 2.15. The van der Waals surface area contributed by atoms with Gasteiger partial charge in [-0.3, -0.25) is 14.9 Å². The molecule has 0 radical (unpaired) electrons. The first-order valence-electron chi connectivity index (χ1n) is 6.77. The number of nitrogens with zero attached hydrogens (tertiary/aromatic N) is 2. The van der Waals surface area contributed by atoms with Gasteiger partial charge in [0, 0.05) is 12.1 Å². The lowest BCUT2D eigenvalue weighted by Crippen LogP contribution is -2.12. The number of nitrogens with one attached hydrogen (secondary N) is 1. The van der Waals surface area contributed by atoms with E-state index in [-0.39, 0.29) is 17.8 Å². The van der Waals surface area contributed by atoms with Crippen molar-refractivity contribution in [3.8, 4) is 11.8 Å². The highest BCUT2D eigenvalue weighted by atomic mass is 79.9. The minimum absolute atomic E-state index is 0.0129. The average molecular weight is 370 g/mol. The van der Waals surface area contributed by atoms with Crippen molar-refractivity contribution in [3.63, 3.8) is 0 Å². The van der Waals surface area contributed by atoms with Gasteiger partial charge in [0.25, 0.3) is 5.69 Å². The number of hydrogen-bond acceptors (Lipinski definition) is 5. The lowest BCUT2D eigenvalue weighted by molar-refractivity contribution is -0.384. The number of anilines is 1. The molecule has 1 aromatic rings. The summed E-state index contributed by atoms with van der Waals surface area (Å²) < 4.78 is 6.01. The van der Waals surface area contributed by atoms with E-state index < -0.39 is 10.8 Å². The number of ether oxygens (including phenoxy) is 1. The van der Waals surface area contributed by atoms with Crippen LogP contribution in [0.3, 0.4) is 0 Å². The number of amides is 1. The summed E-state index contributed by atoms with van der Waals surface area (Å²) >= 11 is 3.22. The van der Waals surface area contributed by atoms with Gasteiger partial charge in [0.1, 0.15) is 17.9 Å². The Balaban J connectivity index is 2.98. The molecule has 118 valence electrons. The van der Waals surface area contributed by atoms with Gasteiger partial charge in [0.2, 0.25) is 5.91 Å². The van der Waals surface area contributed by atoms with E-state index in [4.69, 9.17) is 10.00 Å². The molecule has 1 amide bonds. The van der Waals surface area contributed by atoms with Gasteiger partial charge in [0.05, 0.1) is 22.1 Å². The minimum Gasteiger partial charge on any atom is -0.492 e. The molecule has 1 aromatic carbocycles. The molecule has 1 N–H and O–H groups in total. The number of nitro groups is 1. The second kappa shape index (κ2) is 9.00. The summed E-state index contributed by atoms with van der Waals surface area (Å²) in [6, 6.07) is 4.36. The van der Waals surface area contributed by atoms with Gasteiger partial charge < -0.3 is 10.1 Å². The normalized spacial score (nSPS) is 9.86. The van der Waals surface area contributed by atoms with Crippen LogP contribution in [0.4, 0.5) is 11.4 Å². The van der Waals surface area contributed by atoms with Crippen LogP contribution in [0.1, 0.15) is 32.6 Å². The van der Waals surface area contributed by atoms with E-state index in [2.05, 4.69) is 28.2 Å². The number of carbonyl (C=O) groups excluding carboxylic acids is 1. The second-order valence-electron chi connectivity index (χ2n) is 4.50. The van der Waals surface area contributed by atoms with Gasteiger partial charge in [-0.15, -0.1) is 0 Å². The van der Waals surface area contributed by atoms with Crippen LogP contribution in [0.15, 0.2) is 16.6 Å². The van der Waals surface area contributed by atoms with Gasteiger partial charge in [0.15, 0.2) is 0 Å². The van der Waals surface area contributed by atoms with Crippen LogP contribution in [0.2, 0.25) is 0 Å². The number of benzene rings is 1. The van der Waals surface area contributed by atoms with E-state index in [0.717, 1.165) is 19.3 Å². The lowest BCUT2D eigenvalue weighted by Gasteiger charge is -2.11. The molecule has 0 spiro atoms. The number of unbranched alkanes of at least 4 members (excludes halogenated alkanes) is 2. The second-order valence-corrected chi connectivity index (χ2v) is 5.35. The molecule has 0 aliphatic heterocycles. The smallest absolute Gasteiger partial charge is 0.294 e. The summed E-state index contributed by atoms with van der Waals surface area (Å²) in [5.41, 5.74) is -0.252. The fourth-order valence-electron chi connectivity index (χ4n) is 1.71. The first-order chi connectivity index (χ1) is 10.5. The van der Waals surface area contributed by atoms with Crippen LogP contribution in [0, 0.1) is 21.4 Å². The molecule has 0 bridgehead atoms. The third-order valence-electron chi connectivity index (χ3n) is 2.77. The molecule has 22 heavy (non-hydrogen) atoms. The quantitative estimate of drug-likeness (QED) is 0.426. The largest absolute Gasteiger partial charge is 0.492 e. The molecule has 0 aromatic heterocycles. The molecule has 0 saturated heterocycles. The molecule has 0 unspecified atom stereocenters. The van der Waals surface area contributed by atoms with Crippen molar-refractivity contribution >= 4 is 33.2 Å². The average Bonchev–Trinajstić information content (AvgIpc) is 2.46. The SMILES string of the molecule is CCCCCOc1cc(NC(=O)CC#N)c([N+](=O)[O-])cc1Br. The molecule has 0 atom stereocenters. The van der Waals surface area contributed by atoms with E-state index in [1.807, 2.05) is 0 Å². The molecule has 8 heteroatoms. The molecule has 0 fully saturated rings. The predicted molar refractivity (Wildman–Crippen MR) is 84.7 cm³/mol. The first kappa shape index (κ1) is 17.9. The summed E-state index contributed by atoms with van der Waals surface area (Å²) in [4.78, 5) is 21.9. The van der Waals surface area contributed by atoms with Gasteiger partial charge >= 0.3 is 0 Å². The van der Waals surface area contributed by atoms with Crippen molar-refractivity contribution in [2.45, 2.75) is 32.6 Å². The molecule has 0 saturated carbocycles. The number of nitriles is 1. The van der Waals surface area contributed by atoms with E-state index in [0.29, 0.717) is 16.8 Å². The maximum atomic E-state index is 11.5. The highest BCUT2D eigenvalue weighted by molar-refractivity contribution is 9.10. The van der Waals surface area contributed by atoms with Gasteiger partial charge in [-0.1, -0.05) is 19.8 Å². The Morgan fingerprint density at radius 1 is 1.50 bits per heavy atom. The molecule has 0 aliphatic rings. The van der Waals surface area contributed by atoms with Gasteiger partial charge in [-0.25, -0.2) is 0 Å². The Kier molecular flexibility index (Phi) is 7.32. The van der Waals surface area contributed by atoms with Crippen LogP contribution in [-0.2, 0) is 4.79 Å². The number of carbonyl (C=O) groups is 1. The van der Waals surface area contributed by atoms with Crippen molar-refractivity contribution in [3.05, 3.63) is 26.7 Å². The number of halogens is 1. The Morgan fingerprint density at radius 2 is 2.23 bits per heavy atom. The molecular formula is C14H16BrN3O4. The third-order valence-corrected chi connectivity index (χ3v) is 3.39. The van der Waals surface area contributed by atoms with E-state index in [9.17, 15) is 14.9 Å². The zero-order chi connectivity index (χ0) is 16.5. The lowest BCUT2D eigenvalue weighted by atomic mass is 10.2. The summed E-state index contributed by atoms with van der Waals surface area (Å²) in [6.45, 7) is 2.56. The van der Waals surface area contributed by atoms with E-state index in [1.165, 1.54) is 12.1 Å². The summed E-state index contributed by atoms with van der Waals surface area (Å²) in [7, 11) is 0. The van der Waals surface area contributed by atoms with Crippen molar-refractivity contribution in [2.24, 2.45) is 0 Å². The summed E-state index contributed by atoms with van der Waals surface area (Å²) in [6.07, 6.45) is 2.58. The monoisotopic (exact) mass is 369 g/mol. The predicted octanol–water partition coefficient (Wildman–Crippen LogP) is 3.78. The number of rotatable bonds is 8. The van der Waals surface area contributed by atoms with Crippen LogP contribution >= 0.6 is 15.9 Å². The standard InChI is InChI=1S/C14H16BrN3O4/c1-2-3-4-7-22-13-9-11(17-14(19)5-6-16)12(18(20)21)8-10(13)15/h8-9H,2-5,7H2,1H3,(H,17,19). The maximum Gasteiger partial charge on any atom is 0.294 e. The number of hydrogen-bond donors (Lipinski definition) is 1. The molecule has 0 heterocycles. The van der Waals surface area contributed by atoms with Crippen molar-refractivity contribution in [1.29, 1.82) is 5.26 Å². The van der Waals surface area contributed by atoms with Gasteiger partial charge in [-0.05, 0) is 22.4 Å². The zero-order valence-corrected chi connectivity index (χ0v) is 13.7. The highest BCUT2D eigenvalue weighted by Crippen LogP contribution is 2.36. The van der Waals surface area contributed by atoms with Crippen molar-refractivity contribution in [2.75, 3.05) is 11.9 Å². The Hall–Kier alpha value is -2.14. The Labute approximate surface area is 136 Å². The summed E-state index contributed by atoms with van der Waals surface area (Å²) in [5.74, 6) is -0.196. The van der Waals surface area contributed by atoms with Crippen molar-refractivity contribution in [1.82, 2.24) is 0 Å². The molecule has 7 nitrogen and oxygen atoms in total. The third kappa shape index (κ3) is 5.33. The maximum absolute atomic E-state index is 11.5. The Morgan fingerprint density at radius 3 is 2.82 bits per heavy atom. The Bertz CT molecular complexity index is 598. The molecule has 1 rings (SSSR count). The van der Waals surface area contributed by atoms with Crippen LogP contribution < -0.4 is 10.1 Å². The van der Waals surface area contributed by atoms with Gasteiger partial charge in [-0.2, -0.15) is 5.26 Å². The zero-order valence-electron chi connectivity index (χ0n) is 12.1. The van der Waals surface area contributed by atoms with Crippen LogP contribution in [0.25, 0.3) is 0 Å². The number of nitro benzene ring substituents is 1. The highest BCUT2D eigenvalue weighted by Gasteiger charge is 2.19.